The molecule has 1 unspecified atom stereocenters. The molecule has 1 fully saturated rings. The van der Waals surface area contributed by atoms with Gasteiger partial charge in [-0.05, 0) is 82.9 Å². The van der Waals surface area contributed by atoms with Gasteiger partial charge in [-0.15, -0.1) is 10.2 Å². The highest BCUT2D eigenvalue weighted by molar-refractivity contribution is 5.94. The lowest BCUT2D eigenvalue weighted by Crippen LogP contribution is -2.45. The number of piperidine rings is 1. The average Bonchev–Trinajstić information content (AvgIpc) is 3.32. The Morgan fingerprint density at radius 3 is 2.23 bits per heavy atom. The maximum Gasteiger partial charge on any atom is 0.410 e. The average molecular weight is 477 g/mol. The molecule has 2 heterocycles. The Balaban J connectivity index is 1.31. The van der Waals surface area contributed by atoms with Crippen LogP contribution in [0.15, 0.2) is 52.9 Å². The number of nitrogens with one attached hydrogen (secondary N) is 1. The molecule has 3 aromatic rings. The van der Waals surface area contributed by atoms with Crippen LogP contribution in [0.5, 0.6) is 0 Å². The first-order valence-corrected chi connectivity index (χ1v) is 11.9. The van der Waals surface area contributed by atoms with Crippen LogP contribution in [0.2, 0.25) is 0 Å². The molecule has 0 spiro atoms. The molecule has 0 saturated carbocycles. The van der Waals surface area contributed by atoms with Crippen LogP contribution < -0.4 is 5.32 Å². The number of likely N-dealkylation sites (tertiary alicyclic amines) is 1. The number of carbonyl (C=O) groups is 2. The van der Waals surface area contributed by atoms with E-state index in [0.717, 1.165) is 29.5 Å². The van der Waals surface area contributed by atoms with E-state index >= 15 is 0 Å². The van der Waals surface area contributed by atoms with Crippen molar-refractivity contribution in [3.8, 4) is 22.9 Å². The number of nitrogens with zero attached hydrogens (tertiary/aromatic N) is 3. The number of carbonyl (C=O) groups excluding carboxylic acids is 2. The first-order chi connectivity index (χ1) is 16.7. The number of amides is 2. The third-order valence-corrected chi connectivity index (χ3v) is 5.84. The van der Waals surface area contributed by atoms with E-state index in [-0.39, 0.29) is 17.9 Å². The summed E-state index contributed by atoms with van der Waals surface area (Å²) in [5.74, 6) is 0.890. The van der Waals surface area contributed by atoms with Crippen molar-refractivity contribution in [3.63, 3.8) is 0 Å². The van der Waals surface area contributed by atoms with Gasteiger partial charge in [0.05, 0.1) is 0 Å². The van der Waals surface area contributed by atoms with E-state index in [1.54, 1.807) is 29.2 Å². The SMILES string of the molecule is Cc1ccc(-c2nnc(-c3ccc(C(=O)NCC4CCCN(C(=O)OC(C)(C)C)C4)cc3)o2)cc1. The smallest absolute Gasteiger partial charge is 0.410 e. The van der Waals surface area contributed by atoms with Gasteiger partial charge in [0.15, 0.2) is 0 Å². The Morgan fingerprint density at radius 2 is 1.63 bits per heavy atom. The molecule has 1 aliphatic rings. The molecule has 1 saturated heterocycles. The second-order valence-corrected chi connectivity index (χ2v) is 10.0. The minimum Gasteiger partial charge on any atom is -0.444 e. The maximum absolute atomic E-state index is 12.7. The van der Waals surface area contributed by atoms with E-state index in [9.17, 15) is 9.59 Å². The maximum atomic E-state index is 12.7. The quantitative estimate of drug-likeness (QED) is 0.551. The molecule has 1 aromatic heterocycles. The summed E-state index contributed by atoms with van der Waals surface area (Å²) in [6.07, 6.45) is 1.55. The zero-order chi connectivity index (χ0) is 25.0. The van der Waals surface area contributed by atoms with Gasteiger partial charge in [0.25, 0.3) is 5.91 Å². The number of aryl methyl sites for hydroxylation is 1. The molecule has 0 radical (unpaired) electrons. The van der Waals surface area contributed by atoms with E-state index in [2.05, 4.69) is 15.5 Å². The Hall–Kier alpha value is -3.68. The van der Waals surface area contributed by atoms with Crippen LogP contribution in [0.3, 0.4) is 0 Å². The van der Waals surface area contributed by atoms with Gasteiger partial charge >= 0.3 is 6.09 Å². The molecule has 2 amide bonds. The van der Waals surface area contributed by atoms with Crippen molar-refractivity contribution in [2.75, 3.05) is 19.6 Å². The van der Waals surface area contributed by atoms with E-state index in [0.29, 0.717) is 37.0 Å². The van der Waals surface area contributed by atoms with Crippen molar-refractivity contribution in [2.24, 2.45) is 5.92 Å². The fourth-order valence-corrected chi connectivity index (χ4v) is 3.98. The highest BCUT2D eigenvalue weighted by atomic mass is 16.6. The van der Waals surface area contributed by atoms with Gasteiger partial charge in [-0.2, -0.15) is 0 Å². The summed E-state index contributed by atoms with van der Waals surface area (Å²) in [6, 6.07) is 15.0. The van der Waals surface area contributed by atoms with Gasteiger partial charge < -0.3 is 19.4 Å². The molecule has 184 valence electrons. The fourth-order valence-electron chi connectivity index (χ4n) is 3.98. The zero-order valence-electron chi connectivity index (χ0n) is 20.7. The van der Waals surface area contributed by atoms with Gasteiger partial charge in [-0.1, -0.05) is 17.7 Å². The normalized spacial score (nSPS) is 16.1. The highest BCUT2D eigenvalue weighted by Crippen LogP contribution is 2.24. The zero-order valence-corrected chi connectivity index (χ0v) is 20.7. The predicted molar refractivity (Wildman–Crippen MR) is 133 cm³/mol. The summed E-state index contributed by atoms with van der Waals surface area (Å²) in [7, 11) is 0. The van der Waals surface area contributed by atoms with Crippen molar-refractivity contribution in [2.45, 2.75) is 46.1 Å². The summed E-state index contributed by atoms with van der Waals surface area (Å²) in [5.41, 5.74) is 2.79. The van der Waals surface area contributed by atoms with Gasteiger partial charge in [0.1, 0.15) is 5.60 Å². The minimum absolute atomic E-state index is 0.156. The van der Waals surface area contributed by atoms with Gasteiger partial charge in [0, 0.05) is 36.3 Å². The van der Waals surface area contributed by atoms with Gasteiger partial charge in [-0.25, -0.2) is 4.79 Å². The Kier molecular flexibility index (Phi) is 7.19. The first-order valence-electron chi connectivity index (χ1n) is 11.9. The molecule has 8 heteroatoms. The second-order valence-electron chi connectivity index (χ2n) is 10.0. The van der Waals surface area contributed by atoms with Crippen molar-refractivity contribution in [1.82, 2.24) is 20.4 Å². The number of hydrogen-bond donors (Lipinski definition) is 1. The van der Waals surface area contributed by atoms with Crippen LogP contribution in [0.25, 0.3) is 22.9 Å². The molecule has 1 N–H and O–H groups in total. The number of hydrogen-bond acceptors (Lipinski definition) is 6. The summed E-state index contributed by atoms with van der Waals surface area (Å²) in [5, 5.41) is 11.3. The van der Waals surface area contributed by atoms with E-state index in [4.69, 9.17) is 9.15 Å². The molecule has 35 heavy (non-hydrogen) atoms. The molecule has 8 nitrogen and oxygen atoms in total. The molecule has 0 aliphatic carbocycles. The molecular formula is C27H32N4O4. The summed E-state index contributed by atoms with van der Waals surface area (Å²) in [6.45, 7) is 9.37. The van der Waals surface area contributed by atoms with E-state index in [1.807, 2.05) is 52.0 Å². The van der Waals surface area contributed by atoms with E-state index in [1.165, 1.54) is 0 Å². The highest BCUT2D eigenvalue weighted by Gasteiger charge is 2.27. The summed E-state index contributed by atoms with van der Waals surface area (Å²) in [4.78, 5) is 26.8. The molecular weight excluding hydrogens is 444 g/mol. The number of benzene rings is 2. The van der Waals surface area contributed by atoms with Gasteiger partial charge in [-0.3, -0.25) is 4.79 Å². The predicted octanol–water partition coefficient (Wildman–Crippen LogP) is 5.09. The van der Waals surface area contributed by atoms with Crippen LogP contribution in [0.4, 0.5) is 4.79 Å². The van der Waals surface area contributed by atoms with Crippen molar-refractivity contribution in [3.05, 3.63) is 59.7 Å². The third-order valence-electron chi connectivity index (χ3n) is 5.84. The van der Waals surface area contributed by atoms with Crippen LogP contribution >= 0.6 is 0 Å². The number of ether oxygens (including phenoxy) is 1. The topological polar surface area (TPSA) is 97.6 Å². The molecule has 4 rings (SSSR count). The van der Waals surface area contributed by atoms with Crippen LogP contribution in [-0.2, 0) is 4.74 Å². The molecule has 0 bridgehead atoms. The lowest BCUT2D eigenvalue weighted by Gasteiger charge is -2.34. The molecule has 1 atom stereocenters. The third kappa shape index (κ3) is 6.47. The molecule has 1 aliphatic heterocycles. The van der Waals surface area contributed by atoms with Crippen molar-refractivity contribution >= 4 is 12.0 Å². The first kappa shape index (κ1) is 24.4. The summed E-state index contributed by atoms with van der Waals surface area (Å²) < 4.78 is 11.3. The second kappa shape index (κ2) is 10.3. The Bertz CT molecular complexity index is 1160. The van der Waals surface area contributed by atoms with E-state index < -0.39 is 5.60 Å². The number of rotatable bonds is 5. The number of aromatic nitrogens is 2. The van der Waals surface area contributed by atoms with Crippen LogP contribution in [0.1, 0.15) is 49.5 Å². The minimum atomic E-state index is -0.520. The Morgan fingerprint density at radius 1 is 1.03 bits per heavy atom. The lowest BCUT2D eigenvalue weighted by atomic mass is 9.98. The lowest BCUT2D eigenvalue weighted by molar-refractivity contribution is 0.0167. The van der Waals surface area contributed by atoms with Gasteiger partial charge in [0.2, 0.25) is 11.8 Å². The summed E-state index contributed by atoms with van der Waals surface area (Å²) >= 11 is 0. The molecule has 2 aromatic carbocycles. The largest absolute Gasteiger partial charge is 0.444 e. The van der Waals surface area contributed by atoms with Crippen LogP contribution in [0, 0.1) is 12.8 Å². The van der Waals surface area contributed by atoms with Crippen molar-refractivity contribution in [1.29, 1.82) is 0 Å². The Labute approximate surface area is 205 Å². The fraction of sp³-hybridized carbons (Fsp3) is 0.407. The standard InChI is InChI=1S/C27H32N4O4/c1-18-7-9-21(10-8-18)24-29-30-25(34-24)22-13-11-20(12-14-22)23(32)28-16-19-6-5-15-31(17-19)26(33)35-27(2,3)4/h7-14,19H,5-6,15-17H2,1-4H3,(H,28,32). The monoisotopic (exact) mass is 476 g/mol. The van der Waals surface area contributed by atoms with Crippen LogP contribution in [-0.4, -0.2) is 52.3 Å². The van der Waals surface area contributed by atoms with Crippen molar-refractivity contribution < 1.29 is 18.7 Å².